The highest BCUT2D eigenvalue weighted by molar-refractivity contribution is 5.48. The predicted octanol–water partition coefficient (Wildman–Crippen LogP) is 2.16. The number of nitrogens with zero attached hydrogens (tertiary/aromatic N) is 2. The molecule has 0 aromatic heterocycles. The Morgan fingerprint density at radius 2 is 2.10 bits per heavy atom. The van der Waals surface area contributed by atoms with Crippen molar-refractivity contribution in [2.75, 3.05) is 13.1 Å². The van der Waals surface area contributed by atoms with Crippen molar-refractivity contribution in [3.63, 3.8) is 0 Å². The number of hydrogen-bond donors (Lipinski definition) is 1. The van der Waals surface area contributed by atoms with Gasteiger partial charge in [0.1, 0.15) is 0 Å². The largest absolute Gasteiger partial charge is 0.369 e. The molecule has 0 radical (unpaired) electrons. The molecule has 0 amide bonds. The molecule has 0 spiro atoms. The molecule has 1 heterocycles. The van der Waals surface area contributed by atoms with Gasteiger partial charge in [-0.3, -0.25) is 20.2 Å². The third kappa shape index (κ3) is 3.73. The third-order valence-corrected chi connectivity index (χ3v) is 3.61. The molecule has 2 rings (SSSR count). The highest BCUT2D eigenvalue weighted by atomic mass is 16.6. The van der Waals surface area contributed by atoms with Gasteiger partial charge in [-0.05, 0) is 32.4 Å². The predicted molar refractivity (Wildman–Crippen MR) is 75.0 cm³/mol. The topological polar surface area (TPSA) is 108 Å². The summed E-state index contributed by atoms with van der Waals surface area (Å²) in [5.41, 5.74) is -0.599. The lowest BCUT2D eigenvalue weighted by atomic mass is 9.96. The van der Waals surface area contributed by atoms with Gasteiger partial charge in [0, 0.05) is 12.6 Å². The van der Waals surface area contributed by atoms with Crippen molar-refractivity contribution in [1.29, 1.82) is 0 Å². The molecule has 1 aliphatic rings. The van der Waals surface area contributed by atoms with E-state index in [1.54, 1.807) is 0 Å². The second-order valence-corrected chi connectivity index (χ2v) is 5.35. The molecule has 21 heavy (non-hydrogen) atoms. The van der Waals surface area contributed by atoms with E-state index >= 15 is 0 Å². The fourth-order valence-corrected chi connectivity index (χ4v) is 2.36. The van der Waals surface area contributed by atoms with Gasteiger partial charge >= 0.3 is 0 Å². The lowest BCUT2D eigenvalue weighted by Crippen LogP contribution is -2.45. The Morgan fingerprint density at radius 3 is 2.67 bits per heavy atom. The number of non-ortho nitro benzene ring substituents is 1. The van der Waals surface area contributed by atoms with Crippen LogP contribution in [0.1, 0.15) is 25.3 Å². The number of benzene rings is 1. The molecule has 114 valence electrons. The highest BCUT2D eigenvalue weighted by Crippen LogP contribution is 2.28. The second-order valence-electron chi connectivity index (χ2n) is 5.35. The van der Waals surface area contributed by atoms with Crippen LogP contribution in [0.25, 0.3) is 0 Å². The van der Waals surface area contributed by atoms with E-state index in [1.807, 2.05) is 6.92 Å². The van der Waals surface area contributed by atoms with E-state index in [1.165, 1.54) is 12.1 Å². The van der Waals surface area contributed by atoms with Crippen LogP contribution in [-0.4, -0.2) is 28.5 Å². The van der Waals surface area contributed by atoms with E-state index < -0.39 is 9.85 Å². The van der Waals surface area contributed by atoms with Gasteiger partial charge in [-0.1, -0.05) is 0 Å². The Bertz CT molecular complexity index is 555. The number of nitro benzene ring substituents is 2. The minimum absolute atomic E-state index is 0.0620. The fraction of sp³-hybridized carbons (Fsp3) is 0.538. The molecule has 1 saturated heterocycles. The highest BCUT2D eigenvalue weighted by Gasteiger charge is 2.29. The van der Waals surface area contributed by atoms with Gasteiger partial charge in [0.25, 0.3) is 11.4 Å². The monoisotopic (exact) mass is 295 g/mol. The quantitative estimate of drug-likeness (QED) is 0.658. The van der Waals surface area contributed by atoms with E-state index in [2.05, 4.69) is 5.32 Å². The molecule has 1 aromatic rings. The second kappa shape index (κ2) is 6.15. The number of rotatable bonds is 5. The molecule has 0 bridgehead atoms. The van der Waals surface area contributed by atoms with Crippen molar-refractivity contribution in [1.82, 2.24) is 5.32 Å². The van der Waals surface area contributed by atoms with Gasteiger partial charge in [0.2, 0.25) is 0 Å². The van der Waals surface area contributed by atoms with E-state index in [0.29, 0.717) is 12.1 Å². The Hall–Kier alpha value is -2.06. The molecule has 8 heteroatoms. The first-order valence-electron chi connectivity index (χ1n) is 6.68. The molecule has 1 fully saturated rings. The van der Waals surface area contributed by atoms with Crippen molar-refractivity contribution in [2.24, 2.45) is 0 Å². The van der Waals surface area contributed by atoms with Crippen LogP contribution in [0.15, 0.2) is 18.2 Å². The first-order chi connectivity index (χ1) is 9.91. The van der Waals surface area contributed by atoms with Crippen LogP contribution in [-0.2, 0) is 11.3 Å². The van der Waals surface area contributed by atoms with Crippen molar-refractivity contribution in [2.45, 2.75) is 32.0 Å². The van der Waals surface area contributed by atoms with Crippen molar-refractivity contribution in [3.8, 4) is 0 Å². The van der Waals surface area contributed by atoms with Gasteiger partial charge in [0.05, 0.1) is 33.7 Å². The average molecular weight is 295 g/mol. The zero-order chi connectivity index (χ0) is 15.5. The van der Waals surface area contributed by atoms with Gasteiger partial charge < -0.3 is 10.1 Å². The maximum atomic E-state index is 11.0. The summed E-state index contributed by atoms with van der Waals surface area (Å²) in [6.45, 7) is 3.65. The normalized spacial score (nSPS) is 22.0. The summed E-state index contributed by atoms with van der Waals surface area (Å²) in [5.74, 6) is 0. The van der Waals surface area contributed by atoms with E-state index in [9.17, 15) is 20.2 Å². The first kappa shape index (κ1) is 15.3. The summed E-state index contributed by atoms with van der Waals surface area (Å²) in [6, 6.07) is 3.61. The van der Waals surface area contributed by atoms with Gasteiger partial charge in [-0.2, -0.15) is 0 Å². The standard InChI is InChI=1S/C13H17N3O5/c1-13(5-2-6-14-9-13)21-8-10-3-4-11(15(17)18)7-12(10)16(19)20/h3-4,7,14H,2,5-6,8-9H2,1H3. The Balaban J connectivity index is 2.15. The van der Waals surface area contributed by atoms with E-state index in [-0.39, 0.29) is 23.6 Å². The Kier molecular flexibility index (Phi) is 4.49. The summed E-state index contributed by atoms with van der Waals surface area (Å²) in [7, 11) is 0. The van der Waals surface area contributed by atoms with Crippen molar-refractivity contribution in [3.05, 3.63) is 44.0 Å². The van der Waals surface area contributed by atoms with Gasteiger partial charge in [-0.25, -0.2) is 0 Å². The molecule has 0 saturated carbocycles. The van der Waals surface area contributed by atoms with Crippen LogP contribution < -0.4 is 5.32 Å². The van der Waals surface area contributed by atoms with Crippen LogP contribution >= 0.6 is 0 Å². The minimum atomic E-state index is -0.649. The molecule has 1 aromatic carbocycles. The van der Waals surface area contributed by atoms with E-state index in [0.717, 1.165) is 25.5 Å². The molecule has 1 atom stereocenters. The van der Waals surface area contributed by atoms with Crippen LogP contribution in [0, 0.1) is 20.2 Å². The summed E-state index contributed by atoms with van der Waals surface area (Å²) >= 11 is 0. The minimum Gasteiger partial charge on any atom is -0.369 e. The Morgan fingerprint density at radius 1 is 1.33 bits per heavy atom. The molecule has 1 aliphatic heterocycles. The molecular formula is C13H17N3O5. The van der Waals surface area contributed by atoms with Gasteiger partial charge in [0.15, 0.2) is 0 Å². The van der Waals surface area contributed by atoms with Crippen molar-refractivity contribution < 1.29 is 14.6 Å². The number of ether oxygens (including phenoxy) is 1. The maximum Gasteiger partial charge on any atom is 0.281 e. The van der Waals surface area contributed by atoms with Crippen molar-refractivity contribution >= 4 is 11.4 Å². The summed E-state index contributed by atoms with van der Waals surface area (Å²) in [5, 5.41) is 25.0. The van der Waals surface area contributed by atoms with Crippen LogP contribution in [0.5, 0.6) is 0 Å². The maximum absolute atomic E-state index is 11.0. The Labute approximate surface area is 121 Å². The number of nitrogens with one attached hydrogen (secondary N) is 1. The average Bonchev–Trinajstić information content (AvgIpc) is 2.45. The summed E-state index contributed by atoms with van der Waals surface area (Å²) < 4.78 is 5.81. The molecule has 1 N–H and O–H groups in total. The van der Waals surface area contributed by atoms with Crippen LogP contribution in [0.4, 0.5) is 11.4 Å². The molecule has 1 unspecified atom stereocenters. The lowest BCUT2D eigenvalue weighted by molar-refractivity contribution is -0.394. The van der Waals surface area contributed by atoms with E-state index in [4.69, 9.17) is 4.74 Å². The first-order valence-corrected chi connectivity index (χ1v) is 6.68. The fourth-order valence-electron chi connectivity index (χ4n) is 2.36. The third-order valence-electron chi connectivity index (χ3n) is 3.61. The molecule has 0 aliphatic carbocycles. The number of piperidine rings is 1. The summed E-state index contributed by atoms with van der Waals surface area (Å²) in [6.07, 6.45) is 1.86. The molecular weight excluding hydrogens is 278 g/mol. The van der Waals surface area contributed by atoms with Crippen LogP contribution in [0.3, 0.4) is 0 Å². The zero-order valence-electron chi connectivity index (χ0n) is 11.7. The number of hydrogen-bond acceptors (Lipinski definition) is 6. The van der Waals surface area contributed by atoms with Gasteiger partial charge in [-0.15, -0.1) is 0 Å². The van der Waals surface area contributed by atoms with Crippen LogP contribution in [0.2, 0.25) is 0 Å². The summed E-state index contributed by atoms with van der Waals surface area (Å²) in [4.78, 5) is 20.5. The SMILES string of the molecule is CC1(OCc2ccc([N+](=O)[O-])cc2[N+](=O)[O-])CCCNC1. The lowest BCUT2D eigenvalue weighted by Gasteiger charge is -2.34. The zero-order valence-corrected chi connectivity index (χ0v) is 11.7. The smallest absolute Gasteiger partial charge is 0.281 e. The molecule has 8 nitrogen and oxygen atoms in total. The number of nitro groups is 2.